The van der Waals surface area contributed by atoms with Crippen LogP contribution in [0.4, 0.5) is 0 Å². The molecule has 0 spiro atoms. The van der Waals surface area contributed by atoms with Crippen LogP contribution in [0.3, 0.4) is 0 Å². The summed E-state index contributed by atoms with van der Waals surface area (Å²) >= 11 is 0. The fourth-order valence-electron chi connectivity index (χ4n) is 2.64. The van der Waals surface area contributed by atoms with Crippen LogP contribution in [-0.4, -0.2) is 45.1 Å². The molecule has 1 aromatic carbocycles. The Bertz CT molecular complexity index is 648. The molecule has 3 amide bonds. The van der Waals surface area contributed by atoms with Crippen molar-refractivity contribution in [2.24, 2.45) is 0 Å². The molecular formula is C17H22N2O6. The molecule has 1 saturated heterocycles. The summed E-state index contributed by atoms with van der Waals surface area (Å²) in [5, 5.41) is 4.86. The molecule has 8 nitrogen and oxygen atoms in total. The van der Waals surface area contributed by atoms with E-state index in [2.05, 4.69) is 10.6 Å². The standard InChI is InChI=1S/C17H22N2O6/c1-23-12-8-10(9-13(24-2)16(12)25-3)4-6-14(20)18-11-5-7-15(21)19-17(11)22/h8-9,11H,4-7H2,1-3H3,(H,18,20)(H,19,21,22). The molecule has 1 heterocycles. The summed E-state index contributed by atoms with van der Waals surface area (Å²) in [6.45, 7) is 0. The van der Waals surface area contributed by atoms with Crippen LogP contribution < -0.4 is 24.8 Å². The maximum atomic E-state index is 12.1. The summed E-state index contributed by atoms with van der Waals surface area (Å²) in [5.74, 6) is 0.486. The molecule has 2 N–H and O–H groups in total. The molecular weight excluding hydrogens is 328 g/mol. The van der Waals surface area contributed by atoms with Gasteiger partial charge in [-0.2, -0.15) is 0 Å². The van der Waals surface area contributed by atoms with Crippen LogP contribution in [0.2, 0.25) is 0 Å². The molecule has 0 bridgehead atoms. The zero-order valence-corrected chi connectivity index (χ0v) is 14.5. The molecule has 1 aliphatic heterocycles. The molecule has 1 fully saturated rings. The fraction of sp³-hybridized carbons (Fsp3) is 0.471. The third-order valence-corrected chi connectivity index (χ3v) is 3.94. The first-order valence-electron chi connectivity index (χ1n) is 7.90. The number of carbonyl (C=O) groups is 3. The summed E-state index contributed by atoms with van der Waals surface area (Å²) in [6, 6.07) is 2.89. The molecule has 0 radical (unpaired) electrons. The highest BCUT2D eigenvalue weighted by Gasteiger charge is 2.27. The summed E-state index contributed by atoms with van der Waals surface area (Å²) in [7, 11) is 4.57. The normalized spacial score (nSPS) is 16.8. The second-order valence-electron chi connectivity index (χ2n) is 5.60. The van der Waals surface area contributed by atoms with Gasteiger partial charge in [0.1, 0.15) is 6.04 Å². The Morgan fingerprint density at radius 3 is 2.32 bits per heavy atom. The van der Waals surface area contributed by atoms with Gasteiger partial charge in [-0.3, -0.25) is 19.7 Å². The Labute approximate surface area is 145 Å². The third kappa shape index (κ3) is 4.62. The highest BCUT2D eigenvalue weighted by Crippen LogP contribution is 2.38. The summed E-state index contributed by atoms with van der Waals surface area (Å²) in [4.78, 5) is 34.8. The van der Waals surface area contributed by atoms with Crippen LogP contribution >= 0.6 is 0 Å². The molecule has 136 valence electrons. The predicted molar refractivity (Wildman–Crippen MR) is 88.7 cm³/mol. The van der Waals surface area contributed by atoms with Crippen molar-refractivity contribution in [3.05, 3.63) is 17.7 Å². The lowest BCUT2D eigenvalue weighted by Crippen LogP contribution is -2.52. The van der Waals surface area contributed by atoms with Crippen molar-refractivity contribution in [1.29, 1.82) is 0 Å². The van der Waals surface area contributed by atoms with Crippen molar-refractivity contribution >= 4 is 17.7 Å². The van der Waals surface area contributed by atoms with E-state index in [4.69, 9.17) is 14.2 Å². The SMILES string of the molecule is COc1cc(CCC(=O)NC2CCC(=O)NC2=O)cc(OC)c1OC. The second-order valence-corrected chi connectivity index (χ2v) is 5.60. The van der Waals surface area contributed by atoms with Crippen molar-refractivity contribution in [2.45, 2.75) is 31.7 Å². The predicted octanol–water partition coefficient (Wildman–Crippen LogP) is 0.566. The van der Waals surface area contributed by atoms with Crippen molar-refractivity contribution < 1.29 is 28.6 Å². The van der Waals surface area contributed by atoms with E-state index < -0.39 is 11.9 Å². The van der Waals surface area contributed by atoms with Crippen LogP contribution in [-0.2, 0) is 20.8 Å². The first-order valence-corrected chi connectivity index (χ1v) is 7.90. The van der Waals surface area contributed by atoms with Crippen LogP contribution in [0.1, 0.15) is 24.8 Å². The lowest BCUT2D eigenvalue weighted by atomic mass is 10.0. The minimum atomic E-state index is -0.662. The quantitative estimate of drug-likeness (QED) is 0.697. The van der Waals surface area contributed by atoms with Gasteiger partial charge in [-0.25, -0.2) is 0 Å². The van der Waals surface area contributed by atoms with E-state index in [9.17, 15) is 14.4 Å². The minimum absolute atomic E-state index is 0.191. The van der Waals surface area contributed by atoms with Crippen LogP contribution in [0.25, 0.3) is 0 Å². The van der Waals surface area contributed by atoms with Gasteiger partial charge in [-0.1, -0.05) is 0 Å². The molecule has 0 saturated carbocycles. The summed E-state index contributed by atoms with van der Waals surface area (Å²) < 4.78 is 15.8. The van der Waals surface area contributed by atoms with Gasteiger partial charge in [0.2, 0.25) is 23.5 Å². The van der Waals surface area contributed by atoms with Gasteiger partial charge in [-0.15, -0.1) is 0 Å². The maximum Gasteiger partial charge on any atom is 0.249 e. The van der Waals surface area contributed by atoms with E-state index in [0.717, 1.165) is 5.56 Å². The highest BCUT2D eigenvalue weighted by atomic mass is 16.5. The average Bonchev–Trinajstić information content (AvgIpc) is 2.61. The van der Waals surface area contributed by atoms with E-state index in [-0.39, 0.29) is 24.7 Å². The Morgan fingerprint density at radius 2 is 1.80 bits per heavy atom. The third-order valence-electron chi connectivity index (χ3n) is 3.94. The Kier molecular flexibility index (Phi) is 6.21. The smallest absolute Gasteiger partial charge is 0.249 e. The largest absolute Gasteiger partial charge is 0.493 e. The first-order chi connectivity index (χ1) is 12.0. The van der Waals surface area contributed by atoms with Crippen molar-refractivity contribution in [3.8, 4) is 17.2 Å². The Morgan fingerprint density at radius 1 is 1.16 bits per heavy atom. The summed E-state index contributed by atoms with van der Waals surface area (Å²) in [6.07, 6.45) is 1.18. The van der Waals surface area contributed by atoms with Gasteiger partial charge in [0.05, 0.1) is 21.3 Å². The Balaban J connectivity index is 1.97. The topological polar surface area (TPSA) is 103 Å². The highest BCUT2D eigenvalue weighted by molar-refractivity contribution is 6.01. The lowest BCUT2D eigenvalue weighted by Gasteiger charge is -2.21. The van der Waals surface area contributed by atoms with E-state index in [1.807, 2.05) is 0 Å². The monoisotopic (exact) mass is 350 g/mol. The van der Waals surface area contributed by atoms with Crippen molar-refractivity contribution in [1.82, 2.24) is 10.6 Å². The molecule has 0 aromatic heterocycles. The molecule has 2 rings (SSSR count). The van der Waals surface area contributed by atoms with Crippen molar-refractivity contribution in [3.63, 3.8) is 0 Å². The van der Waals surface area contributed by atoms with Crippen LogP contribution in [0, 0.1) is 0 Å². The van der Waals surface area contributed by atoms with Crippen molar-refractivity contribution in [2.75, 3.05) is 21.3 Å². The van der Waals surface area contributed by atoms with E-state index >= 15 is 0 Å². The first kappa shape index (κ1) is 18.6. The number of carbonyl (C=O) groups excluding carboxylic acids is 3. The van der Waals surface area contributed by atoms with Gasteiger partial charge >= 0.3 is 0 Å². The average molecular weight is 350 g/mol. The Hall–Kier alpha value is -2.77. The molecule has 1 aromatic rings. The second kappa shape index (κ2) is 8.36. The number of nitrogens with one attached hydrogen (secondary N) is 2. The number of hydrogen-bond donors (Lipinski definition) is 2. The number of rotatable bonds is 7. The molecule has 1 aliphatic rings. The maximum absolute atomic E-state index is 12.1. The van der Waals surface area contributed by atoms with Gasteiger partial charge < -0.3 is 19.5 Å². The number of piperidine rings is 1. The van der Waals surface area contributed by atoms with Gasteiger partial charge in [-0.05, 0) is 30.5 Å². The lowest BCUT2D eigenvalue weighted by molar-refractivity contribution is -0.137. The number of benzene rings is 1. The number of ether oxygens (including phenoxy) is 3. The minimum Gasteiger partial charge on any atom is -0.493 e. The van der Waals surface area contributed by atoms with E-state index in [1.165, 1.54) is 21.3 Å². The molecule has 8 heteroatoms. The number of amides is 3. The number of hydrogen-bond acceptors (Lipinski definition) is 6. The molecule has 1 atom stereocenters. The zero-order valence-electron chi connectivity index (χ0n) is 14.5. The van der Waals surface area contributed by atoms with E-state index in [0.29, 0.717) is 30.1 Å². The van der Waals surface area contributed by atoms with Gasteiger partial charge in [0, 0.05) is 12.8 Å². The molecule has 25 heavy (non-hydrogen) atoms. The van der Waals surface area contributed by atoms with Gasteiger partial charge in [0.25, 0.3) is 0 Å². The van der Waals surface area contributed by atoms with Gasteiger partial charge in [0.15, 0.2) is 11.5 Å². The van der Waals surface area contributed by atoms with Crippen LogP contribution in [0.15, 0.2) is 12.1 Å². The summed E-state index contributed by atoms with van der Waals surface area (Å²) in [5.41, 5.74) is 0.841. The number of methoxy groups -OCH3 is 3. The molecule has 1 unspecified atom stereocenters. The number of imide groups is 1. The zero-order chi connectivity index (χ0) is 18.4. The van der Waals surface area contributed by atoms with E-state index in [1.54, 1.807) is 12.1 Å². The fourth-order valence-corrected chi connectivity index (χ4v) is 2.64. The number of aryl methyl sites for hydroxylation is 1. The molecule has 0 aliphatic carbocycles. The van der Waals surface area contributed by atoms with Crippen LogP contribution in [0.5, 0.6) is 17.2 Å².